The van der Waals surface area contributed by atoms with Gasteiger partial charge in [-0.1, -0.05) is 39.8 Å². The smallest absolute Gasteiger partial charge is 0.118 e. The van der Waals surface area contributed by atoms with E-state index in [1.54, 1.807) is 7.11 Å². The Morgan fingerprint density at radius 2 is 1.80 bits per heavy atom. The van der Waals surface area contributed by atoms with Crippen LogP contribution in [-0.2, 0) is 0 Å². The van der Waals surface area contributed by atoms with Gasteiger partial charge < -0.3 is 15.0 Å². The van der Waals surface area contributed by atoms with Gasteiger partial charge in [0.25, 0.3) is 0 Å². The first-order chi connectivity index (χ1) is 9.35. The summed E-state index contributed by atoms with van der Waals surface area (Å²) in [4.78, 5) is 2.40. The van der Waals surface area contributed by atoms with Gasteiger partial charge in [0, 0.05) is 19.1 Å². The molecule has 114 valence electrons. The Hall–Kier alpha value is -1.06. The van der Waals surface area contributed by atoms with Crippen LogP contribution in [0.1, 0.15) is 39.3 Å². The summed E-state index contributed by atoms with van der Waals surface area (Å²) in [6, 6.07) is 8.72. The number of methoxy groups -OCH3 is 1. The molecule has 0 bridgehead atoms. The van der Waals surface area contributed by atoms with E-state index >= 15 is 0 Å². The zero-order chi connectivity index (χ0) is 15.2. The Kier molecular flexibility index (Phi) is 6.50. The Morgan fingerprint density at radius 1 is 1.20 bits per heavy atom. The maximum Gasteiger partial charge on any atom is 0.118 e. The van der Waals surface area contributed by atoms with E-state index in [1.807, 2.05) is 12.1 Å². The summed E-state index contributed by atoms with van der Waals surface area (Å²) in [6.07, 6.45) is 0. The Labute approximate surface area is 124 Å². The minimum Gasteiger partial charge on any atom is -0.497 e. The maximum atomic E-state index is 5.23. The van der Waals surface area contributed by atoms with E-state index in [0.29, 0.717) is 11.5 Å². The van der Waals surface area contributed by atoms with E-state index < -0.39 is 0 Å². The molecule has 0 aromatic heterocycles. The minimum atomic E-state index is 0.325. The largest absolute Gasteiger partial charge is 0.497 e. The summed E-state index contributed by atoms with van der Waals surface area (Å²) < 4.78 is 5.23. The van der Waals surface area contributed by atoms with Gasteiger partial charge in [-0.05, 0) is 36.7 Å². The molecule has 0 spiro atoms. The molecule has 1 N–H and O–H groups in total. The molecule has 1 unspecified atom stereocenters. The molecule has 1 atom stereocenters. The lowest BCUT2D eigenvalue weighted by Gasteiger charge is -2.30. The number of nitrogens with one attached hydrogen (secondary N) is 1. The van der Waals surface area contributed by atoms with Crippen molar-refractivity contribution in [3.05, 3.63) is 29.8 Å². The van der Waals surface area contributed by atoms with Gasteiger partial charge in [-0.2, -0.15) is 0 Å². The molecule has 20 heavy (non-hydrogen) atoms. The van der Waals surface area contributed by atoms with Crippen molar-refractivity contribution in [2.24, 2.45) is 5.41 Å². The van der Waals surface area contributed by atoms with Crippen LogP contribution >= 0.6 is 0 Å². The zero-order valence-electron chi connectivity index (χ0n) is 13.9. The van der Waals surface area contributed by atoms with Gasteiger partial charge in [-0.25, -0.2) is 0 Å². The third-order valence-electron chi connectivity index (χ3n) is 3.21. The second-order valence-corrected chi connectivity index (χ2v) is 6.64. The van der Waals surface area contributed by atoms with Crippen molar-refractivity contribution in [3.63, 3.8) is 0 Å². The van der Waals surface area contributed by atoms with Gasteiger partial charge in [0.2, 0.25) is 0 Å². The van der Waals surface area contributed by atoms with Crippen LogP contribution in [0.3, 0.4) is 0 Å². The molecule has 3 nitrogen and oxygen atoms in total. The van der Waals surface area contributed by atoms with Crippen molar-refractivity contribution >= 4 is 0 Å². The van der Waals surface area contributed by atoms with Crippen molar-refractivity contribution < 1.29 is 4.74 Å². The summed E-state index contributed by atoms with van der Waals surface area (Å²) in [5.41, 5.74) is 1.64. The SMILES string of the molecule is CCNC(CN(C)CC(C)(C)C)c1ccc(OC)cc1. The fraction of sp³-hybridized carbons (Fsp3) is 0.647. The highest BCUT2D eigenvalue weighted by Crippen LogP contribution is 2.20. The zero-order valence-corrected chi connectivity index (χ0v) is 13.9. The van der Waals surface area contributed by atoms with Gasteiger partial charge in [0.05, 0.1) is 7.11 Å². The Bertz CT molecular complexity index is 381. The van der Waals surface area contributed by atoms with E-state index in [1.165, 1.54) is 5.56 Å². The molecule has 0 aliphatic rings. The number of benzene rings is 1. The molecule has 0 aliphatic heterocycles. The molecule has 0 aliphatic carbocycles. The minimum absolute atomic E-state index is 0.325. The molecular formula is C17H30N2O. The number of likely N-dealkylation sites (N-methyl/N-ethyl adjacent to an activating group) is 2. The van der Waals surface area contributed by atoms with Gasteiger partial charge in [-0.3, -0.25) is 0 Å². The summed E-state index contributed by atoms with van der Waals surface area (Å²) in [7, 11) is 3.90. The van der Waals surface area contributed by atoms with Crippen LogP contribution < -0.4 is 10.1 Å². The molecule has 0 saturated heterocycles. The number of hydrogen-bond acceptors (Lipinski definition) is 3. The van der Waals surface area contributed by atoms with Crippen LogP contribution in [0.25, 0.3) is 0 Å². The Morgan fingerprint density at radius 3 is 2.25 bits per heavy atom. The van der Waals surface area contributed by atoms with E-state index in [2.05, 4.69) is 57.1 Å². The van der Waals surface area contributed by atoms with Crippen molar-refractivity contribution in [3.8, 4) is 5.75 Å². The van der Waals surface area contributed by atoms with Gasteiger partial charge in [-0.15, -0.1) is 0 Å². The third kappa shape index (κ3) is 5.93. The first-order valence-corrected chi connectivity index (χ1v) is 7.41. The summed E-state index contributed by atoms with van der Waals surface area (Å²) in [6.45, 7) is 12.1. The van der Waals surface area contributed by atoms with Crippen LogP contribution in [0.4, 0.5) is 0 Å². The molecule has 0 fully saturated rings. The molecule has 0 radical (unpaired) electrons. The van der Waals surface area contributed by atoms with Crippen molar-refractivity contribution in [2.75, 3.05) is 33.8 Å². The van der Waals surface area contributed by atoms with E-state index in [4.69, 9.17) is 4.74 Å². The fourth-order valence-corrected chi connectivity index (χ4v) is 2.56. The fourth-order valence-electron chi connectivity index (χ4n) is 2.56. The standard InChI is InChI=1S/C17H30N2O/c1-7-18-16(12-19(5)13-17(2,3)4)14-8-10-15(20-6)11-9-14/h8-11,16,18H,7,12-13H2,1-6H3. The number of hydrogen-bond donors (Lipinski definition) is 1. The van der Waals surface area contributed by atoms with E-state index in [-0.39, 0.29) is 0 Å². The van der Waals surface area contributed by atoms with E-state index in [0.717, 1.165) is 25.4 Å². The van der Waals surface area contributed by atoms with Crippen LogP contribution in [0.15, 0.2) is 24.3 Å². The molecular weight excluding hydrogens is 248 g/mol. The lowest BCUT2D eigenvalue weighted by atomic mass is 9.95. The average molecular weight is 278 g/mol. The van der Waals surface area contributed by atoms with Crippen LogP contribution in [0.5, 0.6) is 5.75 Å². The highest BCUT2D eigenvalue weighted by Gasteiger charge is 2.18. The quantitative estimate of drug-likeness (QED) is 0.828. The Balaban J connectivity index is 2.72. The van der Waals surface area contributed by atoms with Crippen molar-refractivity contribution in [1.82, 2.24) is 10.2 Å². The monoisotopic (exact) mass is 278 g/mol. The summed E-state index contributed by atoms with van der Waals surface area (Å²) in [5, 5.41) is 3.57. The van der Waals surface area contributed by atoms with Crippen LogP contribution in [0, 0.1) is 5.41 Å². The number of ether oxygens (including phenoxy) is 1. The highest BCUT2D eigenvalue weighted by atomic mass is 16.5. The molecule has 0 amide bonds. The van der Waals surface area contributed by atoms with Crippen LogP contribution in [0.2, 0.25) is 0 Å². The molecule has 1 aromatic rings. The molecule has 3 heteroatoms. The molecule has 1 rings (SSSR count). The normalized spacial score (nSPS) is 13.6. The first kappa shape index (κ1) is 17.0. The molecule has 1 aromatic carbocycles. The average Bonchev–Trinajstić information content (AvgIpc) is 2.36. The van der Waals surface area contributed by atoms with Gasteiger partial charge in [0.15, 0.2) is 0 Å². The lowest BCUT2D eigenvalue weighted by Crippen LogP contribution is -2.37. The van der Waals surface area contributed by atoms with Gasteiger partial charge in [0.1, 0.15) is 5.75 Å². The molecule has 0 saturated carbocycles. The summed E-state index contributed by atoms with van der Waals surface area (Å²) >= 11 is 0. The first-order valence-electron chi connectivity index (χ1n) is 7.41. The number of rotatable bonds is 7. The lowest BCUT2D eigenvalue weighted by molar-refractivity contribution is 0.208. The third-order valence-corrected chi connectivity index (χ3v) is 3.21. The topological polar surface area (TPSA) is 24.5 Å². The molecule has 0 heterocycles. The van der Waals surface area contributed by atoms with Crippen molar-refractivity contribution in [1.29, 1.82) is 0 Å². The number of nitrogens with zero attached hydrogens (tertiary/aromatic N) is 1. The van der Waals surface area contributed by atoms with Gasteiger partial charge >= 0.3 is 0 Å². The predicted octanol–water partition coefficient (Wildman–Crippen LogP) is 3.32. The van der Waals surface area contributed by atoms with E-state index in [9.17, 15) is 0 Å². The van der Waals surface area contributed by atoms with Crippen molar-refractivity contribution in [2.45, 2.75) is 33.7 Å². The maximum absolute atomic E-state index is 5.23. The van der Waals surface area contributed by atoms with Crippen LogP contribution in [-0.4, -0.2) is 38.7 Å². The second-order valence-electron chi connectivity index (χ2n) is 6.64. The highest BCUT2D eigenvalue weighted by molar-refractivity contribution is 5.29. The second kappa shape index (κ2) is 7.65. The summed E-state index contributed by atoms with van der Waals surface area (Å²) in [5.74, 6) is 0.909. The predicted molar refractivity (Wildman–Crippen MR) is 86.4 cm³/mol.